The Morgan fingerprint density at radius 3 is 2.90 bits per heavy atom. The minimum absolute atomic E-state index is 0.128. The number of carbonyl (C=O) groups is 1. The van der Waals surface area contributed by atoms with Crippen LogP contribution in [0, 0.1) is 5.82 Å². The summed E-state index contributed by atoms with van der Waals surface area (Å²) in [5.74, 6) is -0.358. The summed E-state index contributed by atoms with van der Waals surface area (Å²) in [7, 11) is 1.88. The molecule has 0 atom stereocenters. The van der Waals surface area contributed by atoms with Gasteiger partial charge in [-0.25, -0.2) is 4.39 Å². The van der Waals surface area contributed by atoms with Gasteiger partial charge in [0.25, 0.3) is 5.91 Å². The van der Waals surface area contributed by atoms with Gasteiger partial charge < -0.3 is 9.88 Å². The maximum atomic E-state index is 13.5. The highest BCUT2D eigenvalue weighted by molar-refractivity contribution is 7.17. The Kier molecular flexibility index (Phi) is 3.75. The van der Waals surface area contributed by atoms with E-state index in [-0.39, 0.29) is 11.7 Å². The van der Waals surface area contributed by atoms with Crippen LogP contribution in [0.25, 0.3) is 10.2 Å². The molecule has 0 saturated carbocycles. The van der Waals surface area contributed by atoms with E-state index in [1.165, 1.54) is 6.07 Å². The Labute approximate surface area is 126 Å². The first-order valence-corrected chi connectivity index (χ1v) is 7.59. The molecule has 1 N–H and O–H groups in total. The van der Waals surface area contributed by atoms with Crippen LogP contribution in [0.5, 0.6) is 0 Å². The fourth-order valence-corrected chi connectivity index (χ4v) is 3.22. The number of hydrogen-bond acceptors (Lipinski definition) is 2. The number of nitrogens with one attached hydrogen (secondary N) is 1. The first kappa shape index (κ1) is 13.8. The molecule has 0 spiro atoms. The molecule has 1 amide bonds. The monoisotopic (exact) mass is 302 g/mol. The number of hydrogen-bond donors (Lipinski definition) is 1. The lowest BCUT2D eigenvalue weighted by Gasteiger charge is -2.07. The van der Waals surface area contributed by atoms with Crippen molar-refractivity contribution in [1.29, 1.82) is 0 Å². The number of aromatic nitrogens is 1. The van der Waals surface area contributed by atoms with Gasteiger partial charge in [-0.3, -0.25) is 4.79 Å². The van der Waals surface area contributed by atoms with Crippen molar-refractivity contribution in [3.63, 3.8) is 0 Å². The predicted octanol–water partition coefficient (Wildman–Crippen LogP) is 3.35. The number of benzene rings is 1. The van der Waals surface area contributed by atoms with Crippen LogP contribution in [-0.4, -0.2) is 17.0 Å². The minimum Gasteiger partial charge on any atom is -0.350 e. The van der Waals surface area contributed by atoms with Crippen LogP contribution in [0.3, 0.4) is 0 Å². The number of aryl methyl sites for hydroxylation is 1. The van der Waals surface area contributed by atoms with E-state index < -0.39 is 0 Å². The first-order chi connectivity index (χ1) is 10.2. The lowest BCUT2D eigenvalue weighted by atomic mass is 10.1. The third kappa shape index (κ3) is 2.69. The van der Waals surface area contributed by atoms with Crippen LogP contribution in [0.4, 0.5) is 4.39 Å². The molecule has 0 aliphatic carbocycles. The van der Waals surface area contributed by atoms with Gasteiger partial charge in [0.15, 0.2) is 0 Å². The lowest BCUT2D eigenvalue weighted by molar-refractivity contribution is 0.0946. The summed E-state index contributed by atoms with van der Waals surface area (Å²) < 4.78 is 16.5. The standard InChI is InChI=1S/C16H15FN2OS/c1-19-13-7-9-21-15(13)10-14(19)16(20)18-8-6-11-4-2-3-5-12(11)17/h2-5,7,9-10H,6,8H2,1H3,(H,18,20). The smallest absolute Gasteiger partial charge is 0.267 e. The van der Waals surface area contributed by atoms with Crippen LogP contribution in [-0.2, 0) is 13.5 Å². The van der Waals surface area contributed by atoms with E-state index in [1.807, 2.05) is 29.1 Å². The molecule has 0 aliphatic rings. The van der Waals surface area contributed by atoms with Gasteiger partial charge in [-0.05, 0) is 35.6 Å². The average molecular weight is 302 g/mol. The van der Waals surface area contributed by atoms with Gasteiger partial charge in [-0.15, -0.1) is 11.3 Å². The minimum atomic E-state index is -0.230. The van der Waals surface area contributed by atoms with Crippen molar-refractivity contribution in [3.05, 3.63) is 58.9 Å². The fraction of sp³-hybridized carbons (Fsp3) is 0.188. The van der Waals surface area contributed by atoms with Crippen molar-refractivity contribution < 1.29 is 9.18 Å². The maximum Gasteiger partial charge on any atom is 0.267 e. The van der Waals surface area contributed by atoms with E-state index in [1.54, 1.807) is 29.5 Å². The molecule has 0 saturated heterocycles. The average Bonchev–Trinajstić information content (AvgIpc) is 3.04. The second-order valence-corrected chi connectivity index (χ2v) is 5.80. The third-order valence-electron chi connectivity index (χ3n) is 3.53. The molecule has 1 aromatic carbocycles. The van der Waals surface area contributed by atoms with Crippen molar-refractivity contribution in [1.82, 2.24) is 9.88 Å². The van der Waals surface area contributed by atoms with Crippen LogP contribution in [0.2, 0.25) is 0 Å². The molecule has 0 unspecified atom stereocenters. The van der Waals surface area contributed by atoms with Gasteiger partial charge in [0.2, 0.25) is 0 Å². The van der Waals surface area contributed by atoms with Gasteiger partial charge in [0, 0.05) is 13.6 Å². The molecule has 3 nitrogen and oxygen atoms in total. The van der Waals surface area contributed by atoms with Crippen LogP contribution in [0.1, 0.15) is 16.1 Å². The highest BCUT2D eigenvalue weighted by atomic mass is 32.1. The first-order valence-electron chi connectivity index (χ1n) is 6.71. The molecule has 5 heteroatoms. The van der Waals surface area contributed by atoms with E-state index in [4.69, 9.17) is 0 Å². The summed E-state index contributed by atoms with van der Waals surface area (Å²) >= 11 is 1.61. The topological polar surface area (TPSA) is 34.0 Å². The SMILES string of the molecule is Cn1c(C(=O)NCCc2ccccc2F)cc2sccc21. The van der Waals surface area contributed by atoms with E-state index in [2.05, 4.69) is 5.32 Å². The highest BCUT2D eigenvalue weighted by Crippen LogP contribution is 2.23. The summed E-state index contributed by atoms with van der Waals surface area (Å²) in [6.45, 7) is 0.415. The molecule has 2 heterocycles. The van der Waals surface area contributed by atoms with E-state index in [9.17, 15) is 9.18 Å². The Balaban J connectivity index is 1.65. The molecular formula is C16H15FN2OS. The summed E-state index contributed by atoms with van der Waals surface area (Å²) in [6.07, 6.45) is 0.483. The number of fused-ring (bicyclic) bond motifs is 1. The van der Waals surface area contributed by atoms with Crippen molar-refractivity contribution in [2.45, 2.75) is 6.42 Å². The fourth-order valence-electron chi connectivity index (χ4n) is 2.37. The zero-order valence-electron chi connectivity index (χ0n) is 11.6. The second kappa shape index (κ2) is 5.69. The number of nitrogens with zero attached hydrogens (tertiary/aromatic N) is 1. The molecule has 0 radical (unpaired) electrons. The lowest BCUT2D eigenvalue weighted by Crippen LogP contribution is -2.27. The van der Waals surface area contributed by atoms with Crippen LogP contribution < -0.4 is 5.32 Å². The summed E-state index contributed by atoms with van der Waals surface area (Å²) in [5, 5.41) is 4.85. The molecule has 0 fully saturated rings. The molecule has 0 bridgehead atoms. The Morgan fingerprint density at radius 2 is 2.14 bits per heavy atom. The largest absolute Gasteiger partial charge is 0.350 e. The zero-order chi connectivity index (χ0) is 14.8. The van der Waals surface area contributed by atoms with E-state index >= 15 is 0 Å². The van der Waals surface area contributed by atoms with Crippen LogP contribution in [0.15, 0.2) is 41.8 Å². The Bertz CT molecular complexity index is 791. The second-order valence-electron chi connectivity index (χ2n) is 4.86. The number of thiophene rings is 1. The number of amides is 1. The molecule has 108 valence electrons. The van der Waals surface area contributed by atoms with Crippen molar-refractivity contribution in [2.24, 2.45) is 7.05 Å². The molecular weight excluding hydrogens is 287 g/mol. The van der Waals surface area contributed by atoms with Gasteiger partial charge in [-0.1, -0.05) is 18.2 Å². The van der Waals surface area contributed by atoms with Crippen LogP contribution >= 0.6 is 11.3 Å². The van der Waals surface area contributed by atoms with E-state index in [0.717, 1.165) is 10.2 Å². The van der Waals surface area contributed by atoms with E-state index in [0.29, 0.717) is 24.2 Å². The molecule has 2 aromatic heterocycles. The molecule has 21 heavy (non-hydrogen) atoms. The molecule has 3 rings (SSSR count). The summed E-state index contributed by atoms with van der Waals surface area (Å²) in [6, 6.07) is 10.5. The summed E-state index contributed by atoms with van der Waals surface area (Å²) in [4.78, 5) is 12.2. The summed E-state index contributed by atoms with van der Waals surface area (Å²) in [5.41, 5.74) is 2.30. The third-order valence-corrected chi connectivity index (χ3v) is 4.39. The quantitative estimate of drug-likeness (QED) is 0.788. The number of halogens is 1. The highest BCUT2D eigenvalue weighted by Gasteiger charge is 2.13. The normalized spacial score (nSPS) is 11.0. The van der Waals surface area contributed by atoms with Gasteiger partial charge in [-0.2, -0.15) is 0 Å². The van der Waals surface area contributed by atoms with Crippen molar-refractivity contribution in [3.8, 4) is 0 Å². The van der Waals surface area contributed by atoms with Gasteiger partial charge in [0.05, 0.1) is 10.2 Å². The van der Waals surface area contributed by atoms with Gasteiger partial charge in [0.1, 0.15) is 11.5 Å². The van der Waals surface area contributed by atoms with Crippen molar-refractivity contribution >= 4 is 27.5 Å². The van der Waals surface area contributed by atoms with Crippen molar-refractivity contribution in [2.75, 3.05) is 6.54 Å². The maximum absolute atomic E-state index is 13.5. The number of rotatable bonds is 4. The van der Waals surface area contributed by atoms with Gasteiger partial charge >= 0.3 is 0 Å². The predicted molar refractivity (Wildman–Crippen MR) is 83.2 cm³/mol. The Morgan fingerprint density at radius 1 is 1.33 bits per heavy atom. The number of carbonyl (C=O) groups excluding carboxylic acids is 1. The Hall–Kier alpha value is -2.14. The molecule has 3 aromatic rings. The zero-order valence-corrected chi connectivity index (χ0v) is 12.4. The molecule has 0 aliphatic heterocycles.